The molecule has 1 aromatic rings. The number of aromatic nitrogens is 2. The summed E-state index contributed by atoms with van der Waals surface area (Å²) in [5.41, 5.74) is 0.437. The number of carboxylic acids is 1. The number of rotatable bonds is 4. The molecule has 3 N–H and O–H groups in total. The van der Waals surface area contributed by atoms with Gasteiger partial charge in [-0.2, -0.15) is 5.10 Å². The molecule has 0 radical (unpaired) electrons. The Kier molecular flexibility index (Phi) is 3.40. The molecule has 18 heavy (non-hydrogen) atoms. The maximum Gasteiger partial charge on any atom is 0.308 e. The van der Waals surface area contributed by atoms with Crippen LogP contribution in [0.15, 0.2) is 11.1 Å². The van der Waals surface area contributed by atoms with Crippen LogP contribution in [0.5, 0.6) is 0 Å². The summed E-state index contributed by atoms with van der Waals surface area (Å²) in [6.45, 7) is 1.60. The van der Waals surface area contributed by atoms with E-state index < -0.39 is 28.0 Å². The Morgan fingerprint density at radius 1 is 1.56 bits per heavy atom. The second-order valence-corrected chi connectivity index (χ2v) is 6.15. The molecule has 1 aliphatic rings. The highest BCUT2D eigenvalue weighted by Gasteiger charge is 2.36. The number of sulfonamides is 1. The highest BCUT2D eigenvalue weighted by molar-refractivity contribution is 7.89. The fourth-order valence-electron chi connectivity index (χ4n) is 2.27. The lowest BCUT2D eigenvalue weighted by Gasteiger charge is -2.17. The molecule has 100 valence electrons. The van der Waals surface area contributed by atoms with Crippen LogP contribution >= 0.6 is 0 Å². The van der Waals surface area contributed by atoms with Gasteiger partial charge in [0.15, 0.2) is 0 Å². The van der Waals surface area contributed by atoms with Gasteiger partial charge >= 0.3 is 5.97 Å². The van der Waals surface area contributed by atoms with Crippen LogP contribution in [0.3, 0.4) is 0 Å². The molecule has 2 unspecified atom stereocenters. The average Bonchev–Trinajstić information content (AvgIpc) is 2.86. The van der Waals surface area contributed by atoms with E-state index in [4.69, 9.17) is 5.11 Å². The summed E-state index contributed by atoms with van der Waals surface area (Å²) in [5, 5.41) is 15.2. The van der Waals surface area contributed by atoms with Crippen LogP contribution in [-0.2, 0) is 14.8 Å². The van der Waals surface area contributed by atoms with E-state index in [9.17, 15) is 13.2 Å². The summed E-state index contributed by atoms with van der Waals surface area (Å²) in [6.07, 6.45) is 3.00. The van der Waals surface area contributed by atoms with Gasteiger partial charge in [-0.3, -0.25) is 9.89 Å². The molecule has 1 saturated carbocycles. The van der Waals surface area contributed by atoms with Gasteiger partial charge in [-0.1, -0.05) is 6.42 Å². The predicted octanol–water partition coefficient (Wildman–Crippen LogP) is 0.250. The molecular formula is C10H15N3O4S. The van der Waals surface area contributed by atoms with Gasteiger partial charge in [-0.25, -0.2) is 13.1 Å². The van der Waals surface area contributed by atoms with E-state index in [0.717, 1.165) is 0 Å². The van der Waals surface area contributed by atoms with Gasteiger partial charge in [0.05, 0.1) is 17.8 Å². The number of aryl methyl sites for hydroxylation is 1. The number of nitrogens with zero attached hydrogens (tertiary/aromatic N) is 1. The van der Waals surface area contributed by atoms with Crippen molar-refractivity contribution in [3.63, 3.8) is 0 Å². The molecule has 0 amide bonds. The van der Waals surface area contributed by atoms with Crippen LogP contribution in [0.1, 0.15) is 25.0 Å². The number of carboxylic acid groups (broad SMARTS) is 1. The molecule has 0 aliphatic heterocycles. The van der Waals surface area contributed by atoms with Crippen molar-refractivity contribution >= 4 is 16.0 Å². The second kappa shape index (κ2) is 4.69. The molecule has 0 aromatic carbocycles. The predicted molar refractivity (Wildman–Crippen MR) is 62.4 cm³/mol. The number of aromatic amines is 1. The SMILES string of the molecule is Cc1[nH]ncc1S(=O)(=O)NC1CCCC1C(=O)O. The zero-order valence-corrected chi connectivity index (χ0v) is 10.7. The van der Waals surface area contributed by atoms with E-state index in [0.29, 0.717) is 25.0 Å². The molecular weight excluding hydrogens is 258 g/mol. The third-order valence-corrected chi connectivity index (χ3v) is 4.82. The monoisotopic (exact) mass is 273 g/mol. The zero-order chi connectivity index (χ0) is 13.3. The first-order valence-corrected chi connectivity index (χ1v) is 7.15. The van der Waals surface area contributed by atoms with Crippen LogP contribution in [0.25, 0.3) is 0 Å². The second-order valence-electron chi connectivity index (χ2n) is 4.46. The molecule has 2 atom stereocenters. The van der Waals surface area contributed by atoms with Crippen molar-refractivity contribution in [1.29, 1.82) is 0 Å². The molecule has 1 heterocycles. The van der Waals surface area contributed by atoms with Crippen molar-refractivity contribution in [1.82, 2.24) is 14.9 Å². The lowest BCUT2D eigenvalue weighted by molar-refractivity contribution is -0.141. The lowest BCUT2D eigenvalue weighted by atomic mass is 10.1. The van der Waals surface area contributed by atoms with Crippen LogP contribution in [0.4, 0.5) is 0 Å². The Morgan fingerprint density at radius 2 is 2.28 bits per heavy atom. The average molecular weight is 273 g/mol. The fraction of sp³-hybridized carbons (Fsp3) is 0.600. The number of carbonyl (C=O) groups is 1. The van der Waals surface area contributed by atoms with E-state index in [1.54, 1.807) is 6.92 Å². The summed E-state index contributed by atoms with van der Waals surface area (Å²) in [7, 11) is -3.70. The fourth-order valence-corrected chi connectivity index (χ4v) is 3.72. The molecule has 7 nitrogen and oxygen atoms in total. The Balaban J connectivity index is 2.19. The maximum atomic E-state index is 12.1. The minimum Gasteiger partial charge on any atom is -0.481 e. The molecule has 0 saturated heterocycles. The Hall–Kier alpha value is -1.41. The van der Waals surface area contributed by atoms with E-state index >= 15 is 0 Å². The van der Waals surface area contributed by atoms with Crippen molar-refractivity contribution in [2.75, 3.05) is 0 Å². The molecule has 1 aromatic heterocycles. The van der Waals surface area contributed by atoms with E-state index in [1.807, 2.05) is 0 Å². The number of nitrogens with one attached hydrogen (secondary N) is 2. The summed E-state index contributed by atoms with van der Waals surface area (Å²) in [4.78, 5) is 11.1. The minimum absolute atomic E-state index is 0.0681. The number of hydrogen-bond acceptors (Lipinski definition) is 4. The highest BCUT2D eigenvalue weighted by Crippen LogP contribution is 2.27. The highest BCUT2D eigenvalue weighted by atomic mass is 32.2. The molecule has 0 spiro atoms. The molecule has 2 rings (SSSR count). The summed E-state index contributed by atoms with van der Waals surface area (Å²) in [6, 6.07) is -0.540. The number of aliphatic carboxylic acids is 1. The van der Waals surface area contributed by atoms with Gasteiger partial charge in [0, 0.05) is 6.04 Å². The summed E-state index contributed by atoms with van der Waals surface area (Å²) in [5.74, 6) is -1.60. The Labute approximate surface area is 105 Å². The minimum atomic E-state index is -3.70. The van der Waals surface area contributed by atoms with Crippen LogP contribution < -0.4 is 4.72 Å². The topological polar surface area (TPSA) is 112 Å². The van der Waals surface area contributed by atoms with Gasteiger partial charge in [0.1, 0.15) is 4.90 Å². The largest absolute Gasteiger partial charge is 0.481 e. The lowest BCUT2D eigenvalue weighted by Crippen LogP contribution is -2.40. The maximum absolute atomic E-state index is 12.1. The Bertz CT molecular complexity index is 551. The number of hydrogen-bond donors (Lipinski definition) is 3. The standard InChI is InChI=1S/C10H15N3O4S/c1-6-9(5-11-12-6)18(16,17)13-8-4-2-3-7(8)10(14)15/h5,7-8,13H,2-4H2,1H3,(H,11,12)(H,14,15). The Morgan fingerprint density at radius 3 is 2.83 bits per heavy atom. The van der Waals surface area contributed by atoms with Crippen molar-refractivity contribution in [2.24, 2.45) is 5.92 Å². The van der Waals surface area contributed by atoms with Crippen LogP contribution in [-0.4, -0.2) is 35.7 Å². The van der Waals surface area contributed by atoms with Gasteiger partial charge in [-0.05, 0) is 19.8 Å². The first-order valence-electron chi connectivity index (χ1n) is 5.67. The van der Waals surface area contributed by atoms with Crippen LogP contribution in [0, 0.1) is 12.8 Å². The first kappa shape index (κ1) is 13.0. The van der Waals surface area contributed by atoms with Gasteiger partial charge in [0.25, 0.3) is 0 Å². The van der Waals surface area contributed by atoms with Gasteiger partial charge in [-0.15, -0.1) is 0 Å². The molecule has 8 heteroatoms. The molecule has 1 aliphatic carbocycles. The summed E-state index contributed by atoms with van der Waals surface area (Å²) >= 11 is 0. The van der Waals surface area contributed by atoms with Crippen molar-refractivity contribution in [2.45, 2.75) is 37.1 Å². The normalized spacial score (nSPS) is 24.3. The molecule has 1 fully saturated rings. The van der Waals surface area contributed by atoms with Crippen molar-refractivity contribution in [3.8, 4) is 0 Å². The number of H-pyrrole nitrogens is 1. The van der Waals surface area contributed by atoms with Gasteiger partial charge < -0.3 is 5.11 Å². The summed E-state index contributed by atoms with van der Waals surface area (Å²) < 4.78 is 26.6. The van der Waals surface area contributed by atoms with Crippen molar-refractivity contribution in [3.05, 3.63) is 11.9 Å². The van der Waals surface area contributed by atoms with E-state index in [2.05, 4.69) is 14.9 Å². The van der Waals surface area contributed by atoms with E-state index in [1.165, 1.54) is 6.20 Å². The third-order valence-electron chi connectivity index (χ3n) is 3.21. The quantitative estimate of drug-likeness (QED) is 0.728. The van der Waals surface area contributed by atoms with E-state index in [-0.39, 0.29) is 4.90 Å². The van der Waals surface area contributed by atoms with Gasteiger partial charge in [0.2, 0.25) is 10.0 Å². The first-order chi connectivity index (χ1) is 8.42. The molecule has 0 bridgehead atoms. The smallest absolute Gasteiger partial charge is 0.308 e. The third kappa shape index (κ3) is 2.39. The van der Waals surface area contributed by atoms with Crippen molar-refractivity contribution < 1.29 is 18.3 Å². The zero-order valence-electron chi connectivity index (χ0n) is 9.88. The van der Waals surface area contributed by atoms with Crippen LogP contribution in [0.2, 0.25) is 0 Å².